The van der Waals surface area contributed by atoms with Gasteiger partial charge in [0.1, 0.15) is 6.33 Å². The number of hydrogen-bond acceptors (Lipinski definition) is 5. The second kappa shape index (κ2) is 9.22. The topological polar surface area (TPSA) is 70.5 Å². The molecular weight excluding hydrogens is 426 g/mol. The Morgan fingerprint density at radius 3 is 2.50 bits per heavy atom. The molecule has 2 aromatic carbocycles. The maximum Gasteiger partial charge on any atom is 0.265 e. The summed E-state index contributed by atoms with van der Waals surface area (Å²) in [6, 6.07) is 12.3. The molecule has 0 bridgehead atoms. The average molecular weight is 460 g/mol. The zero-order chi connectivity index (χ0) is 23.8. The summed E-state index contributed by atoms with van der Waals surface area (Å²) >= 11 is 0. The molecule has 2 fully saturated rings. The number of aryl methyl sites for hydroxylation is 1. The smallest absolute Gasteiger partial charge is 0.265 e. The Morgan fingerprint density at radius 1 is 1.06 bits per heavy atom. The first-order chi connectivity index (χ1) is 16.4. The predicted molar refractivity (Wildman–Crippen MR) is 136 cm³/mol. The second-order valence-electron chi connectivity index (χ2n) is 9.84. The van der Waals surface area contributed by atoms with Crippen LogP contribution in [-0.4, -0.2) is 58.6 Å². The number of nitrogens with one attached hydrogen (secondary N) is 1. The van der Waals surface area contributed by atoms with Crippen LogP contribution in [0, 0.1) is 6.92 Å². The van der Waals surface area contributed by atoms with E-state index in [1.165, 1.54) is 0 Å². The number of carbonyl (C=O) groups is 1. The highest BCUT2D eigenvalue weighted by Gasteiger charge is 2.22. The van der Waals surface area contributed by atoms with Crippen LogP contribution in [0.1, 0.15) is 49.0 Å². The number of piperazine rings is 1. The number of hydrogen-bond donors (Lipinski definition) is 1. The molecule has 34 heavy (non-hydrogen) atoms. The number of benzene rings is 2. The third-order valence-electron chi connectivity index (χ3n) is 7.32. The molecule has 2 aliphatic rings. The molecule has 0 atom stereocenters. The Kier molecular flexibility index (Phi) is 6.13. The van der Waals surface area contributed by atoms with Gasteiger partial charge in [-0.25, -0.2) is 4.98 Å². The van der Waals surface area contributed by atoms with Gasteiger partial charge < -0.3 is 10.2 Å². The van der Waals surface area contributed by atoms with Crippen LogP contribution in [0.2, 0.25) is 0 Å². The minimum Gasteiger partial charge on any atom is -0.369 e. The lowest BCUT2D eigenvalue weighted by Crippen LogP contribution is -2.48. The van der Waals surface area contributed by atoms with E-state index >= 15 is 0 Å². The van der Waals surface area contributed by atoms with Crippen LogP contribution >= 0.6 is 0 Å². The number of fused-ring (bicyclic) bond motifs is 1. The predicted octanol–water partition coefficient (Wildman–Crippen LogP) is 3.51. The highest BCUT2D eigenvalue weighted by molar-refractivity contribution is 5.95. The Hall–Kier alpha value is -3.19. The van der Waals surface area contributed by atoms with Gasteiger partial charge in [0.05, 0.1) is 16.6 Å². The summed E-state index contributed by atoms with van der Waals surface area (Å²) in [6.45, 7) is 10.3. The van der Waals surface area contributed by atoms with Gasteiger partial charge in [-0.2, -0.15) is 0 Å². The summed E-state index contributed by atoms with van der Waals surface area (Å²) < 4.78 is 1.57. The molecule has 3 aromatic rings. The Labute approximate surface area is 200 Å². The lowest BCUT2D eigenvalue weighted by Gasteiger charge is -2.38. The van der Waals surface area contributed by atoms with Gasteiger partial charge in [-0.1, -0.05) is 6.07 Å². The van der Waals surface area contributed by atoms with E-state index in [1.807, 2.05) is 31.2 Å². The molecule has 1 aliphatic carbocycles. The first-order valence-electron chi connectivity index (χ1n) is 12.3. The van der Waals surface area contributed by atoms with Crippen LogP contribution in [0.15, 0.2) is 47.5 Å². The van der Waals surface area contributed by atoms with E-state index in [9.17, 15) is 9.59 Å². The van der Waals surface area contributed by atoms with Crippen molar-refractivity contribution in [1.29, 1.82) is 0 Å². The molecule has 1 amide bonds. The summed E-state index contributed by atoms with van der Waals surface area (Å²) in [5.74, 6) is -0.0874. The third-order valence-corrected chi connectivity index (χ3v) is 7.32. The van der Waals surface area contributed by atoms with Gasteiger partial charge >= 0.3 is 0 Å². The number of amides is 1. The fourth-order valence-corrected chi connectivity index (χ4v) is 4.81. The van der Waals surface area contributed by atoms with Crippen molar-refractivity contribution in [1.82, 2.24) is 19.8 Å². The highest BCUT2D eigenvalue weighted by atomic mass is 16.1. The molecule has 7 nitrogen and oxygen atoms in total. The van der Waals surface area contributed by atoms with Crippen molar-refractivity contribution in [3.05, 3.63) is 64.2 Å². The van der Waals surface area contributed by atoms with Crippen molar-refractivity contribution in [3.8, 4) is 5.69 Å². The van der Waals surface area contributed by atoms with Crippen LogP contribution in [0.3, 0.4) is 0 Å². The van der Waals surface area contributed by atoms with Gasteiger partial charge in [-0.3, -0.25) is 19.1 Å². The van der Waals surface area contributed by atoms with Crippen molar-refractivity contribution in [3.63, 3.8) is 0 Å². The van der Waals surface area contributed by atoms with Crippen LogP contribution in [0.4, 0.5) is 5.69 Å². The van der Waals surface area contributed by atoms with E-state index in [1.54, 1.807) is 17.0 Å². The van der Waals surface area contributed by atoms with E-state index in [2.05, 4.69) is 40.0 Å². The first-order valence-corrected chi connectivity index (χ1v) is 12.3. The molecule has 1 saturated carbocycles. The van der Waals surface area contributed by atoms with Gasteiger partial charge in [-0.15, -0.1) is 0 Å². The van der Waals surface area contributed by atoms with Crippen molar-refractivity contribution < 1.29 is 4.79 Å². The standard InChI is InChI=1S/C27H33N5O2/c1-18(2)30-11-13-31(14-12-30)22-9-10-24-23(16-22)27(34)32(17-28-24)25-15-20(8-7-19(25)3)26(33)29-21-5-4-6-21/h7-10,15-18,21H,4-6,11-14H2,1-3H3,(H,29,33). The molecule has 1 aliphatic heterocycles. The molecule has 0 radical (unpaired) electrons. The van der Waals surface area contributed by atoms with Crippen molar-refractivity contribution in [2.45, 2.75) is 52.1 Å². The fraction of sp³-hybridized carbons (Fsp3) is 0.444. The molecule has 7 heteroatoms. The average Bonchev–Trinajstić information content (AvgIpc) is 2.82. The zero-order valence-electron chi connectivity index (χ0n) is 20.3. The maximum absolute atomic E-state index is 13.6. The Bertz CT molecular complexity index is 1270. The van der Waals surface area contributed by atoms with E-state index < -0.39 is 0 Å². The largest absolute Gasteiger partial charge is 0.369 e. The molecule has 0 unspecified atom stereocenters. The fourth-order valence-electron chi connectivity index (χ4n) is 4.81. The minimum absolute atomic E-state index is 0.0874. The minimum atomic E-state index is -0.118. The lowest BCUT2D eigenvalue weighted by molar-refractivity contribution is 0.0917. The van der Waals surface area contributed by atoms with E-state index in [4.69, 9.17) is 0 Å². The molecule has 178 valence electrons. The van der Waals surface area contributed by atoms with E-state index in [0.29, 0.717) is 28.2 Å². The molecule has 0 spiro atoms. The molecule has 5 rings (SSSR count). The summed E-state index contributed by atoms with van der Waals surface area (Å²) in [5, 5.41) is 3.67. The van der Waals surface area contributed by atoms with Crippen LogP contribution in [-0.2, 0) is 0 Å². The SMILES string of the molecule is Cc1ccc(C(=O)NC2CCC2)cc1-n1cnc2ccc(N3CCN(C(C)C)CC3)cc2c1=O. The molecule has 1 aromatic heterocycles. The second-order valence-corrected chi connectivity index (χ2v) is 9.84. The highest BCUT2D eigenvalue weighted by Crippen LogP contribution is 2.23. The van der Waals surface area contributed by atoms with Gasteiger partial charge in [0.25, 0.3) is 11.5 Å². The quantitative estimate of drug-likeness (QED) is 0.632. The summed E-state index contributed by atoms with van der Waals surface area (Å²) in [7, 11) is 0. The van der Waals surface area contributed by atoms with E-state index in [0.717, 1.165) is 56.7 Å². The summed E-state index contributed by atoms with van der Waals surface area (Å²) in [4.78, 5) is 35.6. The van der Waals surface area contributed by atoms with Gasteiger partial charge in [0.15, 0.2) is 0 Å². The number of nitrogens with zero attached hydrogens (tertiary/aromatic N) is 4. The summed E-state index contributed by atoms with van der Waals surface area (Å²) in [5.41, 5.74) is 3.80. The monoisotopic (exact) mass is 459 g/mol. The van der Waals surface area contributed by atoms with Crippen molar-refractivity contribution >= 4 is 22.5 Å². The zero-order valence-corrected chi connectivity index (χ0v) is 20.3. The summed E-state index contributed by atoms with van der Waals surface area (Å²) in [6.07, 6.45) is 4.81. The molecule has 1 N–H and O–H groups in total. The Morgan fingerprint density at radius 2 is 1.82 bits per heavy atom. The molecule has 2 heterocycles. The van der Waals surface area contributed by atoms with E-state index in [-0.39, 0.29) is 17.5 Å². The normalized spacial score (nSPS) is 17.2. The van der Waals surface area contributed by atoms with Crippen molar-refractivity contribution in [2.24, 2.45) is 0 Å². The number of aromatic nitrogens is 2. The Balaban J connectivity index is 1.46. The third kappa shape index (κ3) is 4.32. The van der Waals surface area contributed by atoms with Crippen molar-refractivity contribution in [2.75, 3.05) is 31.1 Å². The molecular formula is C27H33N5O2. The number of carbonyl (C=O) groups excluding carboxylic acids is 1. The number of anilines is 1. The maximum atomic E-state index is 13.6. The lowest BCUT2D eigenvalue weighted by atomic mass is 9.93. The first kappa shape index (κ1) is 22.6. The molecule has 1 saturated heterocycles. The van der Waals surface area contributed by atoms with Gasteiger partial charge in [0, 0.05) is 49.5 Å². The van der Waals surface area contributed by atoms with Crippen LogP contribution in [0.5, 0.6) is 0 Å². The number of rotatable bonds is 5. The van der Waals surface area contributed by atoms with Gasteiger partial charge in [-0.05, 0) is 75.9 Å². The van der Waals surface area contributed by atoms with Crippen LogP contribution < -0.4 is 15.8 Å². The van der Waals surface area contributed by atoms with Crippen LogP contribution in [0.25, 0.3) is 16.6 Å². The van der Waals surface area contributed by atoms with Gasteiger partial charge in [0.2, 0.25) is 0 Å².